The fourth-order valence-corrected chi connectivity index (χ4v) is 3.05. The van der Waals surface area contributed by atoms with Gasteiger partial charge in [-0.1, -0.05) is 12.1 Å². The summed E-state index contributed by atoms with van der Waals surface area (Å²) in [6.45, 7) is 0. The predicted molar refractivity (Wildman–Crippen MR) is 92.7 cm³/mol. The van der Waals surface area contributed by atoms with Crippen molar-refractivity contribution in [2.24, 2.45) is 0 Å². The number of methoxy groups -OCH3 is 1. The number of phenols is 3. The maximum atomic E-state index is 12.5. The molecule has 0 fully saturated rings. The summed E-state index contributed by atoms with van der Waals surface area (Å²) in [4.78, 5) is 23.3. The molecule has 2 atom stereocenters. The predicted octanol–water partition coefficient (Wildman–Crippen LogP) is 2.29. The third kappa shape index (κ3) is 3.24. The Hall–Kier alpha value is -3.68. The molecule has 0 radical (unpaired) electrons. The lowest BCUT2D eigenvalue weighted by atomic mass is 9.87. The molecule has 0 bridgehead atoms. The normalized spacial score (nSPS) is 18.1. The van der Waals surface area contributed by atoms with E-state index in [1.807, 2.05) is 0 Å². The summed E-state index contributed by atoms with van der Waals surface area (Å²) >= 11 is 0. The molecule has 0 aromatic heterocycles. The Morgan fingerprint density at radius 3 is 2.41 bits per heavy atom. The number of carboxylic acids is 1. The minimum absolute atomic E-state index is 0.0236. The first-order chi connectivity index (χ1) is 12.8. The highest BCUT2D eigenvalue weighted by Gasteiger charge is 2.44. The van der Waals surface area contributed by atoms with Crippen LogP contribution in [0.25, 0.3) is 6.08 Å². The highest BCUT2D eigenvalue weighted by Crippen LogP contribution is 2.52. The van der Waals surface area contributed by atoms with Crippen LogP contribution >= 0.6 is 0 Å². The van der Waals surface area contributed by atoms with Crippen molar-refractivity contribution < 1.29 is 39.5 Å². The average Bonchev–Trinajstić information content (AvgIpc) is 3.04. The van der Waals surface area contributed by atoms with Crippen LogP contribution < -0.4 is 4.74 Å². The average molecular weight is 372 g/mol. The zero-order chi connectivity index (χ0) is 19.7. The molecule has 140 valence electrons. The molecule has 1 aliphatic rings. The lowest BCUT2D eigenvalue weighted by molar-refractivity contribution is -0.144. The minimum Gasteiger partial charge on any atom is -0.504 e. The van der Waals surface area contributed by atoms with Crippen molar-refractivity contribution >= 4 is 18.0 Å². The molecule has 2 aromatic rings. The number of aliphatic carboxylic acids is 1. The summed E-state index contributed by atoms with van der Waals surface area (Å²) < 4.78 is 10.6. The van der Waals surface area contributed by atoms with Gasteiger partial charge in [0.1, 0.15) is 12.0 Å². The number of aromatic hydroxyl groups is 3. The zero-order valence-corrected chi connectivity index (χ0v) is 14.1. The number of carboxylic acid groups (broad SMARTS) is 1. The van der Waals surface area contributed by atoms with Gasteiger partial charge in [0.25, 0.3) is 0 Å². The molecule has 8 heteroatoms. The fourth-order valence-electron chi connectivity index (χ4n) is 3.05. The molecule has 8 nitrogen and oxygen atoms in total. The van der Waals surface area contributed by atoms with E-state index in [1.165, 1.54) is 43.5 Å². The standard InChI is InChI=1S/C19H16O8/c1-26-19(25)16-15-9(4-7-14(23)24)2-6-12(21)18(15)27-17(16)10-3-5-11(20)13(22)8-10/h2-8,16-17,20-22H,1H3,(H,23,24)/b7-4+/t16-,17+/m1/s1. The largest absolute Gasteiger partial charge is 0.504 e. The van der Waals surface area contributed by atoms with Gasteiger partial charge in [0, 0.05) is 11.6 Å². The Morgan fingerprint density at radius 1 is 1.07 bits per heavy atom. The van der Waals surface area contributed by atoms with Gasteiger partial charge in [-0.15, -0.1) is 0 Å². The number of hydrogen-bond donors (Lipinski definition) is 4. The lowest BCUT2D eigenvalue weighted by Crippen LogP contribution is -2.20. The first-order valence-corrected chi connectivity index (χ1v) is 7.86. The number of phenolic OH excluding ortho intramolecular Hbond substituents is 3. The van der Waals surface area contributed by atoms with Gasteiger partial charge in [0.15, 0.2) is 23.0 Å². The van der Waals surface area contributed by atoms with E-state index in [9.17, 15) is 24.9 Å². The maximum Gasteiger partial charge on any atom is 0.328 e. The number of esters is 1. The van der Waals surface area contributed by atoms with Crippen LogP contribution in [-0.4, -0.2) is 39.5 Å². The third-order valence-corrected chi connectivity index (χ3v) is 4.26. The van der Waals surface area contributed by atoms with E-state index in [0.29, 0.717) is 11.1 Å². The lowest BCUT2D eigenvalue weighted by Gasteiger charge is -2.18. The molecule has 1 aliphatic heterocycles. The van der Waals surface area contributed by atoms with Gasteiger partial charge in [-0.2, -0.15) is 0 Å². The van der Waals surface area contributed by atoms with Gasteiger partial charge >= 0.3 is 11.9 Å². The molecular weight excluding hydrogens is 356 g/mol. The molecule has 0 unspecified atom stereocenters. The Labute approximate surface area is 153 Å². The second kappa shape index (κ2) is 6.91. The second-order valence-corrected chi connectivity index (χ2v) is 5.88. The molecule has 1 heterocycles. The SMILES string of the molecule is COC(=O)[C@@H]1c2c(/C=C/C(=O)O)ccc(O)c2O[C@H]1c1ccc(O)c(O)c1. The van der Waals surface area contributed by atoms with Crippen LogP contribution in [-0.2, 0) is 14.3 Å². The molecule has 27 heavy (non-hydrogen) atoms. The first-order valence-electron chi connectivity index (χ1n) is 7.86. The Bertz CT molecular complexity index is 947. The van der Waals surface area contributed by atoms with Crippen molar-refractivity contribution in [3.8, 4) is 23.0 Å². The minimum atomic E-state index is -1.18. The van der Waals surface area contributed by atoms with E-state index >= 15 is 0 Å². The van der Waals surface area contributed by atoms with Crippen LogP contribution in [0.2, 0.25) is 0 Å². The van der Waals surface area contributed by atoms with Gasteiger partial charge in [0.05, 0.1) is 7.11 Å². The highest BCUT2D eigenvalue weighted by atomic mass is 16.5. The molecule has 3 rings (SSSR count). The van der Waals surface area contributed by atoms with Crippen LogP contribution in [0, 0.1) is 0 Å². The van der Waals surface area contributed by atoms with Crippen molar-refractivity contribution in [1.82, 2.24) is 0 Å². The van der Waals surface area contributed by atoms with Crippen molar-refractivity contribution in [2.45, 2.75) is 12.0 Å². The van der Waals surface area contributed by atoms with Crippen molar-refractivity contribution in [2.75, 3.05) is 7.11 Å². The first kappa shape index (κ1) is 18.1. The summed E-state index contributed by atoms with van der Waals surface area (Å²) in [5.41, 5.74) is 1.01. The van der Waals surface area contributed by atoms with Crippen LogP contribution in [0.15, 0.2) is 36.4 Å². The van der Waals surface area contributed by atoms with Crippen LogP contribution in [0.5, 0.6) is 23.0 Å². The number of carbonyl (C=O) groups excluding carboxylic acids is 1. The number of benzene rings is 2. The summed E-state index contributed by atoms with van der Waals surface area (Å²) in [5, 5.41) is 38.3. The van der Waals surface area contributed by atoms with Gasteiger partial charge < -0.3 is 29.9 Å². The molecule has 2 aromatic carbocycles. The smallest absolute Gasteiger partial charge is 0.328 e. The summed E-state index contributed by atoms with van der Waals surface area (Å²) in [5.74, 6) is -3.79. The topological polar surface area (TPSA) is 134 Å². The Morgan fingerprint density at radius 2 is 1.78 bits per heavy atom. The van der Waals surface area contributed by atoms with E-state index in [2.05, 4.69) is 0 Å². The van der Waals surface area contributed by atoms with Crippen molar-refractivity contribution in [3.05, 3.63) is 53.1 Å². The number of hydrogen-bond acceptors (Lipinski definition) is 7. The monoisotopic (exact) mass is 372 g/mol. The van der Waals surface area contributed by atoms with E-state index in [1.54, 1.807) is 0 Å². The molecule has 0 spiro atoms. The number of fused-ring (bicyclic) bond motifs is 1. The summed E-state index contributed by atoms with van der Waals surface area (Å²) in [6.07, 6.45) is 1.24. The van der Waals surface area contributed by atoms with Crippen molar-refractivity contribution in [1.29, 1.82) is 0 Å². The van der Waals surface area contributed by atoms with E-state index in [4.69, 9.17) is 14.6 Å². The van der Waals surface area contributed by atoms with Crippen LogP contribution in [0.4, 0.5) is 0 Å². The Balaban J connectivity index is 2.17. The zero-order valence-electron chi connectivity index (χ0n) is 14.1. The van der Waals surface area contributed by atoms with E-state index in [-0.39, 0.29) is 22.8 Å². The molecular formula is C19H16O8. The van der Waals surface area contributed by atoms with Crippen LogP contribution in [0.3, 0.4) is 0 Å². The molecule has 0 aliphatic carbocycles. The third-order valence-electron chi connectivity index (χ3n) is 4.26. The molecule has 0 amide bonds. The Kier molecular flexibility index (Phi) is 4.64. The van der Waals surface area contributed by atoms with E-state index < -0.39 is 29.7 Å². The molecule has 0 saturated carbocycles. The number of rotatable bonds is 4. The van der Waals surface area contributed by atoms with E-state index in [0.717, 1.165) is 6.08 Å². The van der Waals surface area contributed by atoms with Crippen molar-refractivity contribution in [3.63, 3.8) is 0 Å². The number of carbonyl (C=O) groups is 2. The van der Waals surface area contributed by atoms with Gasteiger partial charge in [-0.25, -0.2) is 4.79 Å². The van der Waals surface area contributed by atoms with Crippen LogP contribution in [0.1, 0.15) is 28.7 Å². The second-order valence-electron chi connectivity index (χ2n) is 5.88. The maximum absolute atomic E-state index is 12.5. The molecule has 4 N–H and O–H groups in total. The van der Waals surface area contributed by atoms with Gasteiger partial charge in [0.2, 0.25) is 0 Å². The molecule has 0 saturated heterocycles. The summed E-state index contributed by atoms with van der Waals surface area (Å²) in [7, 11) is 1.20. The fraction of sp³-hybridized carbons (Fsp3) is 0.158. The number of ether oxygens (including phenoxy) is 2. The quantitative estimate of drug-likeness (QED) is 0.365. The van der Waals surface area contributed by atoms with Gasteiger partial charge in [-0.3, -0.25) is 4.79 Å². The summed E-state index contributed by atoms with van der Waals surface area (Å²) in [6, 6.07) is 6.74. The highest BCUT2D eigenvalue weighted by molar-refractivity contribution is 5.89. The van der Waals surface area contributed by atoms with Gasteiger partial charge in [-0.05, 0) is 35.4 Å².